The molecule has 2 aromatic rings. The first-order chi connectivity index (χ1) is 10.7. The van der Waals surface area contributed by atoms with Gasteiger partial charge in [-0.05, 0) is 45.0 Å². The van der Waals surface area contributed by atoms with Gasteiger partial charge in [0.05, 0.1) is 0 Å². The topological polar surface area (TPSA) is 3.24 Å². The van der Waals surface area contributed by atoms with Crippen molar-refractivity contribution in [2.45, 2.75) is 20.8 Å². The summed E-state index contributed by atoms with van der Waals surface area (Å²) in [6.45, 7) is 9.44. The second-order valence-electron chi connectivity index (χ2n) is 4.34. The molecular formula is C21H25N. The average molecular weight is 291 g/mol. The third kappa shape index (κ3) is 6.15. The fourth-order valence-corrected chi connectivity index (χ4v) is 1.84. The first-order valence-electron chi connectivity index (χ1n) is 7.18. The van der Waals surface area contributed by atoms with Gasteiger partial charge in [0.15, 0.2) is 0 Å². The molecule has 2 rings (SSSR count). The van der Waals surface area contributed by atoms with E-state index >= 15 is 0 Å². The Labute approximate surface area is 135 Å². The van der Waals surface area contributed by atoms with Gasteiger partial charge < -0.3 is 4.90 Å². The van der Waals surface area contributed by atoms with Gasteiger partial charge in [0, 0.05) is 17.1 Å². The summed E-state index contributed by atoms with van der Waals surface area (Å²) in [6, 6.07) is 20.8. The van der Waals surface area contributed by atoms with Crippen LogP contribution in [0.1, 0.15) is 20.8 Å². The second-order valence-corrected chi connectivity index (χ2v) is 4.34. The van der Waals surface area contributed by atoms with Gasteiger partial charge in [-0.2, -0.15) is 0 Å². The SMILES string of the molecule is C#C.C/C=C(\C)N(c1ccccc1)c1ccccc1.C=CC. The summed E-state index contributed by atoms with van der Waals surface area (Å²) >= 11 is 0. The zero-order valence-electron chi connectivity index (χ0n) is 13.7. The molecule has 22 heavy (non-hydrogen) atoms. The Hall–Kier alpha value is -2.72. The van der Waals surface area contributed by atoms with Crippen molar-refractivity contribution in [2.24, 2.45) is 0 Å². The van der Waals surface area contributed by atoms with E-state index in [4.69, 9.17) is 0 Å². The Morgan fingerprint density at radius 1 is 0.864 bits per heavy atom. The first-order valence-corrected chi connectivity index (χ1v) is 7.18. The molecule has 2 aromatic carbocycles. The van der Waals surface area contributed by atoms with Gasteiger partial charge in [-0.15, -0.1) is 19.4 Å². The van der Waals surface area contributed by atoms with Crippen molar-refractivity contribution in [3.05, 3.63) is 85.1 Å². The summed E-state index contributed by atoms with van der Waals surface area (Å²) in [4.78, 5) is 2.25. The van der Waals surface area contributed by atoms with Crippen molar-refractivity contribution in [1.29, 1.82) is 0 Å². The minimum atomic E-state index is 1.19. The Kier molecular flexibility index (Phi) is 10.6. The van der Waals surface area contributed by atoms with E-state index in [1.807, 2.05) is 19.1 Å². The monoisotopic (exact) mass is 291 g/mol. The van der Waals surface area contributed by atoms with Crippen molar-refractivity contribution < 1.29 is 0 Å². The van der Waals surface area contributed by atoms with Crippen molar-refractivity contribution in [3.8, 4) is 12.8 Å². The molecule has 0 saturated heterocycles. The second kappa shape index (κ2) is 12.1. The van der Waals surface area contributed by atoms with Gasteiger partial charge in [-0.3, -0.25) is 0 Å². The van der Waals surface area contributed by atoms with Crippen molar-refractivity contribution in [1.82, 2.24) is 0 Å². The fourth-order valence-electron chi connectivity index (χ4n) is 1.84. The van der Waals surface area contributed by atoms with E-state index in [-0.39, 0.29) is 0 Å². The highest BCUT2D eigenvalue weighted by Gasteiger charge is 2.09. The van der Waals surface area contributed by atoms with Crippen LogP contribution >= 0.6 is 0 Å². The van der Waals surface area contributed by atoms with E-state index in [9.17, 15) is 0 Å². The number of rotatable bonds is 3. The van der Waals surface area contributed by atoms with Gasteiger partial charge in [0.25, 0.3) is 0 Å². The molecule has 0 aliphatic carbocycles. The fraction of sp³-hybridized carbons (Fsp3) is 0.143. The first kappa shape index (κ1) is 19.3. The third-order valence-electron chi connectivity index (χ3n) is 2.80. The number of nitrogens with zero attached hydrogens (tertiary/aromatic N) is 1. The highest BCUT2D eigenvalue weighted by molar-refractivity contribution is 5.67. The molecule has 0 aromatic heterocycles. The summed E-state index contributed by atoms with van der Waals surface area (Å²) < 4.78 is 0. The summed E-state index contributed by atoms with van der Waals surface area (Å²) in [5, 5.41) is 0. The molecule has 0 saturated carbocycles. The lowest BCUT2D eigenvalue weighted by atomic mass is 10.2. The summed E-state index contributed by atoms with van der Waals surface area (Å²) in [5.41, 5.74) is 3.60. The van der Waals surface area contributed by atoms with Crippen LogP contribution in [0.5, 0.6) is 0 Å². The van der Waals surface area contributed by atoms with E-state index < -0.39 is 0 Å². The van der Waals surface area contributed by atoms with E-state index in [2.05, 4.69) is 92.8 Å². The normalized spacial score (nSPS) is 9.41. The number of hydrogen-bond acceptors (Lipinski definition) is 1. The van der Waals surface area contributed by atoms with Crippen LogP contribution < -0.4 is 4.90 Å². The van der Waals surface area contributed by atoms with E-state index in [1.165, 1.54) is 17.1 Å². The Morgan fingerprint density at radius 3 is 1.45 bits per heavy atom. The van der Waals surface area contributed by atoms with Gasteiger partial charge in [0.1, 0.15) is 0 Å². The van der Waals surface area contributed by atoms with E-state index in [0.29, 0.717) is 0 Å². The molecule has 0 aliphatic heterocycles. The largest absolute Gasteiger partial charge is 0.315 e. The van der Waals surface area contributed by atoms with E-state index in [0.717, 1.165) is 0 Å². The third-order valence-corrected chi connectivity index (χ3v) is 2.80. The van der Waals surface area contributed by atoms with Crippen LogP contribution in [0.3, 0.4) is 0 Å². The number of terminal acetylenes is 1. The number of anilines is 2. The molecule has 0 spiro atoms. The molecule has 0 N–H and O–H groups in total. The van der Waals surface area contributed by atoms with Gasteiger partial charge in [-0.25, -0.2) is 0 Å². The number of allylic oxidation sites excluding steroid dienone is 3. The predicted molar refractivity (Wildman–Crippen MR) is 100 cm³/mol. The van der Waals surface area contributed by atoms with Crippen molar-refractivity contribution >= 4 is 11.4 Å². The molecule has 0 bridgehead atoms. The molecule has 0 atom stereocenters. The molecule has 0 heterocycles. The highest BCUT2D eigenvalue weighted by atomic mass is 15.1. The van der Waals surface area contributed by atoms with Crippen LogP contribution in [0.4, 0.5) is 11.4 Å². The van der Waals surface area contributed by atoms with Gasteiger partial charge in [0.2, 0.25) is 0 Å². The molecule has 0 aliphatic rings. The molecule has 0 fully saturated rings. The lowest BCUT2D eigenvalue weighted by molar-refractivity contribution is 1.15. The maximum Gasteiger partial charge on any atom is 0.0458 e. The van der Waals surface area contributed by atoms with Crippen LogP contribution in [0, 0.1) is 12.8 Å². The Bertz CT molecular complexity index is 525. The molecule has 114 valence electrons. The molecule has 1 nitrogen and oxygen atoms in total. The Morgan fingerprint density at radius 2 is 1.18 bits per heavy atom. The van der Waals surface area contributed by atoms with Crippen LogP contribution in [0.25, 0.3) is 0 Å². The summed E-state index contributed by atoms with van der Waals surface area (Å²) in [7, 11) is 0. The number of para-hydroxylation sites is 2. The summed E-state index contributed by atoms with van der Waals surface area (Å²) in [6.07, 6.45) is 11.9. The average Bonchev–Trinajstić information content (AvgIpc) is 2.59. The van der Waals surface area contributed by atoms with Crippen LogP contribution in [-0.4, -0.2) is 0 Å². The molecule has 0 radical (unpaired) electrons. The summed E-state index contributed by atoms with van der Waals surface area (Å²) in [5.74, 6) is 0. The van der Waals surface area contributed by atoms with E-state index in [1.54, 1.807) is 6.08 Å². The standard InChI is InChI=1S/C16H17N.C3H6.C2H2/c1-3-14(2)17(15-10-6-4-7-11-15)16-12-8-5-9-13-16;1-3-2;1-2/h3-13H,1-2H3;3H,1H2,2H3;1-2H/b14-3+;;. The predicted octanol–water partition coefficient (Wildman–Crippen LogP) is 6.19. The highest BCUT2D eigenvalue weighted by Crippen LogP contribution is 2.28. The van der Waals surface area contributed by atoms with Crippen molar-refractivity contribution in [2.75, 3.05) is 4.90 Å². The smallest absolute Gasteiger partial charge is 0.0458 e. The zero-order valence-corrected chi connectivity index (χ0v) is 13.7. The molecule has 0 amide bonds. The van der Waals surface area contributed by atoms with Crippen molar-refractivity contribution in [3.63, 3.8) is 0 Å². The molecular weight excluding hydrogens is 266 g/mol. The quantitative estimate of drug-likeness (QED) is 0.481. The minimum Gasteiger partial charge on any atom is -0.315 e. The van der Waals surface area contributed by atoms with Crippen LogP contribution in [0.15, 0.2) is 85.1 Å². The number of benzene rings is 2. The zero-order chi connectivity index (χ0) is 16.8. The van der Waals surface area contributed by atoms with Crippen LogP contribution in [0.2, 0.25) is 0 Å². The van der Waals surface area contributed by atoms with Gasteiger partial charge in [-0.1, -0.05) is 48.6 Å². The Balaban J connectivity index is 0.000000789. The number of hydrogen-bond donors (Lipinski definition) is 0. The lowest BCUT2D eigenvalue weighted by Gasteiger charge is -2.25. The molecule has 1 heteroatoms. The molecule has 0 unspecified atom stereocenters. The minimum absolute atomic E-state index is 1.19. The maximum absolute atomic E-state index is 4.00. The maximum atomic E-state index is 4.00. The van der Waals surface area contributed by atoms with Gasteiger partial charge >= 0.3 is 0 Å². The lowest BCUT2D eigenvalue weighted by Crippen LogP contribution is -2.13. The van der Waals surface area contributed by atoms with Crippen LogP contribution in [-0.2, 0) is 0 Å².